The summed E-state index contributed by atoms with van der Waals surface area (Å²) in [5.74, 6) is -0.404. The highest BCUT2D eigenvalue weighted by atomic mass is 35.5. The average Bonchev–Trinajstić information content (AvgIpc) is 2.49. The van der Waals surface area contributed by atoms with Gasteiger partial charge < -0.3 is 5.32 Å². The number of nitrogens with zero attached hydrogens (tertiary/aromatic N) is 1. The van der Waals surface area contributed by atoms with Crippen LogP contribution in [0.4, 0.5) is 11.4 Å². The monoisotopic (exact) mass is 349 g/mol. The largest absolute Gasteiger partial charge is 0.327 e. The normalized spacial score (nSPS) is 10.0. The van der Waals surface area contributed by atoms with Crippen molar-refractivity contribution in [2.45, 2.75) is 6.92 Å². The summed E-state index contributed by atoms with van der Waals surface area (Å²) in [6.45, 7) is 1.91. The van der Waals surface area contributed by atoms with Crippen LogP contribution in [0.3, 0.4) is 0 Å². The maximum Gasteiger partial charge on any atom is 0.294 e. The van der Waals surface area contributed by atoms with Gasteiger partial charge in [-0.15, -0.1) is 0 Å². The first kappa shape index (κ1) is 16.9. The summed E-state index contributed by atoms with van der Waals surface area (Å²) >= 11 is 10.8. The van der Waals surface area contributed by atoms with E-state index in [1.165, 1.54) is 18.2 Å². The number of anilines is 1. The second-order valence-corrected chi connectivity index (χ2v) is 5.54. The Morgan fingerprint density at radius 3 is 2.48 bits per heavy atom. The lowest BCUT2D eigenvalue weighted by Crippen LogP contribution is -2.34. The van der Waals surface area contributed by atoms with Crippen LogP contribution in [0.15, 0.2) is 42.5 Å². The first-order chi connectivity index (χ1) is 10.9. The first-order valence-electron chi connectivity index (χ1n) is 6.50. The quantitative estimate of drug-likeness (QED) is 0.501. The Balaban J connectivity index is 2.09. The number of nitro groups is 1. The van der Waals surface area contributed by atoms with E-state index in [0.29, 0.717) is 5.56 Å². The minimum absolute atomic E-state index is 0.0407. The SMILES string of the molecule is Cc1ccc(C(=O)NC(=S)Nc2ccc(Cl)cc2[N+](=O)[O-])cc1. The molecule has 8 heteroatoms. The van der Waals surface area contributed by atoms with Crippen molar-refractivity contribution in [1.82, 2.24) is 5.32 Å². The van der Waals surface area contributed by atoms with Gasteiger partial charge in [0.1, 0.15) is 5.69 Å². The second-order valence-electron chi connectivity index (χ2n) is 4.69. The Bertz CT molecular complexity index is 778. The molecule has 23 heavy (non-hydrogen) atoms. The highest BCUT2D eigenvalue weighted by Gasteiger charge is 2.16. The van der Waals surface area contributed by atoms with Crippen LogP contribution in [-0.4, -0.2) is 15.9 Å². The van der Waals surface area contributed by atoms with Crippen LogP contribution in [0, 0.1) is 17.0 Å². The molecule has 0 bridgehead atoms. The summed E-state index contributed by atoms with van der Waals surface area (Å²) in [4.78, 5) is 22.5. The third kappa shape index (κ3) is 4.48. The molecule has 2 N–H and O–H groups in total. The van der Waals surface area contributed by atoms with Gasteiger partial charge in [0, 0.05) is 16.7 Å². The molecule has 0 aliphatic carbocycles. The number of hydrogen-bond donors (Lipinski definition) is 2. The van der Waals surface area contributed by atoms with Crippen LogP contribution >= 0.6 is 23.8 Å². The minimum atomic E-state index is -0.585. The number of aryl methyl sites for hydroxylation is 1. The third-order valence-corrected chi connectivity index (χ3v) is 3.38. The molecular weight excluding hydrogens is 338 g/mol. The average molecular weight is 350 g/mol. The molecule has 118 valence electrons. The number of carbonyl (C=O) groups excluding carboxylic acids is 1. The fourth-order valence-electron chi connectivity index (χ4n) is 1.80. The van der Waals surface area contributed by atoms with Gasteiger partial charge in [-0.2, -0.15) is 0 Å². The summed E-state index contributed by atoms with van der Waals surface area (Å²) in [6, 6.07) is 11.0. The first-order valence-corrected chi connectivity index (χ1v) is 7.28. The number of nitro benzene ring substituents is 1. The Labute approximate surface area is 142 Å². The Morgan fingerprint density at radius 2 is 1.87 bits per heavy atom. The van der Waals surface area contributed by atoms with Crippen molar-refractivity contribution in [3.05, 3.63) is 68.7 Å². The summed E-state index contributed by atoms with van der Waals surface area (Å²) in [7, 11) is 0. The van der Waals surface area contributed by atoms with Crippen LogP contribution in [0.25, 0.3) is 0 Å². The van der Waals surface area contributed by atoms with E-state index < -0.39 is 10.8 Å². The van der Waals surface area contributed by atoms with Crippen LogP contribution in [0.1, 0.15) is 15.9 Å². The summed E-state index contributed by atoms with van der Waals surface area (Å²) in [5, 5.41) is 16.3. The molecule has 0 aliphatic rings. The zero-order valence-electron chi connectivity index (χ0n) is 12.0. The molecular formula is C15H12ClN3O3S. The number of benzene rings is 2. The lowest BCUT2D eigenvalue weighted by atomic mass is 10.1. The molecule has 2 aromatic rings. The van der Waals surface area contributed by atoms with E-state index in [4.69, 9.17) is 23.8 Å². The van der Waals surface area contributed by atoms with Crippen molar-refractivity contribution in [1.29, 1.82) is 0 Å². The molecule has 0 heterocycles. The van der Waals surface area contributed by atoms with E-state index in [9.17, 15) is 14.9 Å². The van der Waals surface area contributed by atoms with Gasteiger partial charge in [-0.05, 0) is 43.4 Å². The summed E-state index contributed by atoms with van der Waals surface area (Å²) in [6.07, 6.45) is 0. The fraction of sp³-hybridized carbons (Fsp3) is 0.0667. The number of halogens is 1. The van der Waals surface area contributed by atoms with Crippen molar-refractivity contribution >= 4 is 46.2 Å². The van der Waals surface area contributed by atoms with Crippen molar-refractivity contribution in [2.24, 2.45) is 0 Å². The Kier molecular flexibility index (Phi) is 5.25. The standard InChI is InChI=1S/C15H12ClN3O3S/c1-9-2-4-10(5-3-9)14(20)18-15(23)17-12-7-6-11(16)8-13(12)19(21)22/h2-8H,1H3,(H2,17,18,20,23). The van der Waals surface area contributed by atoms with Gasteiger partial charge in [0.2, 0.25) is 0 Å². The predicted octanol–water partition coefficient (Wildman–Crippen LogP) is 3.68. The Morgan fingerprint density at radius 1 is 1.22 bits per heavy atom. The van der Waals surface area contributed by atoms with Crippen LogP contribution < -0.4 is 10.6 Å². The molecule has 0 spiro atoms. The van der Waals surface area contributed by atoms with Crippen LogP contribution in [-0.2, 0) is 0 Å². The van der Waals surface area contributed by atoms with Gasteiger partial charge in [0.25, 0.3) is 11.6 Å². The molecule has 0 unspecified atom stereocenters. The summed E-state index contributed by atoms with van der Waals surface area (Å²) < 4.78 is 0. The third-order valence-electron chi connectivity index (χ3n) is 2.95. The van der Waals surface area contributed by atoms with Gasteiger partial charge in [-0.3, -0.25) is 20.2 Å². The lowest BCUT2D eigenvalue weighted by Gasteiger charge is -2.10. The van der Waals surface area contributed by atoms with Crippen molar-refractivity contribution < 1.29 is 9.72 Å². The number of thiocarbonyl (C=S) groups is 1. The van der Waals surface area contributed by atoms with E-state index in [2.05, 4.69) is 10.6 Å². The van der Waals surface area contributed by atoms with Gasteiger partial charge >= 0.3 is 0 Å². The predicted molar refractivity (Wildman–Crippen MR) is 93.0 cm³/mol. The lowest BCUT2D eigenvalue weighted by molar-refractivity contribution is -0.383. The number of carbonyl (C=O) groups is 1. The van der Waals surface area contributed by atoms with Crippen LogP contribution in [0.5, 0.6) is 0 Å². The van der Waals surface area contributed by atoms with Gasteiger partial charge in [0.05, 0.1) is 4.92 Å². The molecule has 0 fully saturated rings. The molecule has 2 aromatic carbocycles. The highest BCUT2D eigenvalue weighted by molar-refractivity contribution is 7.80. The van der Waals surface area contributed by atoms with Crippen LogP contribution in [0.2, 0.25) is 5.02 Å². The van der Waals surface area contributed by atoms with E-state index >= 15 is 0 Å². The minimum Gasteiger partial charge on any atom is -0.327 e. The number of hydrogen-bond acceptors (Lipinski definition) is 4. The molecule has 6 nitrogen and oxygen atoms in total. The zero-order chi connectivity index (χ0) is 17.0. The zero-order valence-corrected chi connectivity index (χ0v) is 13.6. The Hall–Kier alpha value is -2.51. The van der Waals surface area contributed by atoms with Gasteiger partial charge in [0.15, 0.2) is 5.11 Å². The van der Waals surface area contributed by atoms with Crippen molar-refractivity contribution in [3.63, 3.8) is 0 Å². The number of nitrogens with one attached hydrogen (secondary N) is 2. The van der Waals surface area contributed by atoms with Crippen molar-refractivity contribution in [3.8, 4) is 0 Å². The molecule has 0 aliphatic heterocycles. The maximum absolute atomic E-state index is 12.0. The highest BCUT2D eigenvalue weighted by Crippen LogP contribution is 2.27. The molecule has 0 aromatic heterocycles. The van der Waals surface area contributed by atoms with Crippen molar-refractivity contribution in [2.75, 3.05) is 5.32 Å². The maximum atomic E-state index is 12.0. The van der Waals surface area contributed by atoms with E-state index in [1.54, 1.807) is 24.3 Å². The molecule has 0 atom stereocenters. The number of rotatable bonds is 3. The molecule has 0 radical (unpaired) electrons. The van der Waals surface area contributed by atoms with Gasteiger partial charge in [-0.25, -0.2) is 0 Å². The topological polar surface area (TPSA) is 84.3 Å². The summed E-state index contributed by atoms with van der Waals surface area (Å²) in [5.41, 5.74) is 1.38. The second kappa shape index (κ2) is 7.17. The van der Waals surface area contributed by atoms with Gasteiger partial charge in [-0.1, -0.05) is 29.3 Å². The van der Waals surface area contributed by atoms with E-state index in [-0.39, 0.29) is 21.5 Å². The van der Waals surface area contributed by atoms with E-state index in [1.807, 2.05) is 6.92 Å². The molecule has 1 amide bonds. The van der Waals surface area contributed by atoms with E-state index in [0.717, 1.165) is 5.56 Å². The smallest absolute Gasteiger partial charge is 0.294 e. The molecule has 0 saturated carbocycles. The molecule has 0 saturated heterocycles. The fourth-order valence-corrected chi connectivity index (χ4v) is 2.16. The number of amides is 1. The molecule has 2 rings (SSSR count).